The van der Waals surface area contributed by atoms with Crippen LogP contribution in [0.1, 0.15) is 31.7 Å². The fraction of sp³-hybridized carbons (Fsp3) is 0.375. The predicted molar refractivity (Wildman–Crippen MR) is 82.1 cm³/mol. The van der Waals surface area contributed by atoms with Crippen molar-refractivity contribution >= 4 is 28.3 Å². The first-order chi connectivity index (χ1) is 9.69. The minimum absolute atomic E-state index is 0.479. The molecule has 0 bridgehead atoms. The lowest BCUT2D eigenvalue weighted by Crippen LogP contribution is -2.38. The molecule has 1 aliphatic heterocycles. The van der Waals surface area contributed by atoms with E-state index in [-0.39, 0.29) is 0 Å². The van der Waals surface area contributed by atoms with E-state index in [1.54, 1.807) is 0 Å². The summed E-state index contributed by atoms with van der Waals surface area (Å²) in [6, 6.07) is 10.2. The molecule has 0 N–H and O–H groups in total. The van der Waals surface area contributed by atoms with Crippen molar-refractivity contribution in [1.29, 1.82) is 5.26 Å². The number of anilines is 1. The van der Waals surface area contributed by atoms with Gasteiger partial charge < -0.3 is 4.90 Å². The Hall–Kier alpha value is -1.79. The van der Waals surface area contributed by atoms with Crippen LogP contribution in [0, 0.1) is 11.3 Å². The molecule has 102 valence electrons. The van der Waals surface area contributed by atoms with Gasteiger partial charge in [-0.3, -0.25) is 0 Å². The standard InChI is InChI=1S/C16H16ClN3/c1-11-4-2-3-7-20(11)16-8-12(10-18)14-9-13(17)5-6-15(14)19-16/h5-6,8-9,11H,2-4,7H2,1H3/t11-/m0/s1. The maximum Gasteiger partial charge on any atom is 0.130 e. The fourth-order valence-corrected chi connectivity index (χ4v) is 3.03. The first-order valence-corrected chi connectivity index (χ1v) is 7.34. The van der Waals surface area contributed by atoms with Gasteiger partial charge in [-0.1, -0.05) is 11.6 Å². The zero-order valence-electron chi connectivity index (χ0n) is 11.4. The summed E-state index contributed by atoms with van der Waals surface area (Å²) in [5, 5.41) is 10.8. The summed E-state index contributed by atoms with van der Waals surface area (Å²) in [5.74, 6) is 0.906. The number of benzene rings is 1. The zero-order valence-corrected chi connectivity index (χ0v) is 12.2. The van der Waals surface area contributed by atoms with Crippen LogP contribution in [0.25, 0.3) is 10.9 Å². The summed E-state index contributed by atoms with van der Waals surface area (Å²) in [6.45, 7) is 3.23. The van der Waals surface area contributed by atoms with Crippen LogP contribution in [0.15, 0.2) is 24.3 Å². The maximum absolute atomic E-state index is 9.38. The van der Waals surface area contributed by atoms with E-state index in [4.69, 9.17) is 16.6 Å². The van der Waals surface area contributed by atoms with Gasteiger partial charge in [0.1, 0.15) is 5.82 Å². The van der Waals surface area contributed by atoms with E-state index in [0.717, 1.165) is 23.3 Å². The number of rotatable bonds is 1. The van der Waals surface area contributed by atoms with Crippen molar-refractivity contribution < 1.29 is 0 Å². The molecule has 0 amide bonds. The Morgan fingerprint density at radius 2 is 2.20 bits per heavy atom. The molecule has 0 aliphatic carbocycles. The van der Waals surface area contributed by atoms with E-state index in [2.05, 4.69) is 17.9 Å². The summed E-state index contributed by atoms with van der Waals surface area (Å²) >= 11 is 6.01. The minimum Gasteiger partial charge on any atom is -0.354 e. The van der Waals surface area contributed by atoms with Gasteiger partial charge in [0.15, 0.2) is 0 Å². The molecule has 1 atom stereocenters. The smallest absolute Gasteiger partial charge is 0.130 e. The Morgan fingerprint density at radius 3 is 2.95 bits per heavy atom. The van der Waals surface area contributed by atoms with Crippen LogP contribution in [-0.2, 0) is 0 Å². The fourth-order valence-electron chi connectivity index (χ4n) is 2.86. The number of halogens is 1. The molecule has 3 rings (SSSR count). The predicted octanol–water partition coefficient (Wildman–Crippen LogP) is 4.14. The Bertz CT molecular complexity index is 690. The van der Waals surface area contributed by atoms with Gasteiger partial charge in [0.05, 0.1) is 17.1 Å². The number of hydrogen-bond donors (Lipinski definition) is 0. The van der Waals surface area contributed by atoms with Crippen molar-refractivity contribution in [2.45, 2.75) is 32.2 Å². The lowest BCUT2D eigenvalue weighted by Gasteiger charge is -2.34. The summed E-state index contributed by atoms with van der Waals surface area (Å²) in [6.07, 6.45) is 3.64. The molecule has 1 aromatic heterocycles. The minimum atomic E-state index is 0.479. The quantitative estimate of drug-likeness (QED) is 0.790. The van der Waals surface area contributed by atoms with E-state index < -0.39 is 0 Å². The number of hydrogen-bond acceptors (Lipinski definition) is 3. The highest BCUT2D eigenvalue weighted by molar-refractivity contribution is 6.31. The molecule has 1 aromatic carbocycles. The molecule has 20 heavy (non-hydrogen) atoms. The van der Waals surface area contributed by atoms with Crippen molar-refractivity contribution in [3.8, 4) is 6.07 Å². The molecule has 0 unspecified atom stereocenters. The maximum atomic E-state index is 9.38. The lowest BCUT2D eigenvalue weighted by atomic mass is 10.0. The van der Waals surface area contributed by atoms with Gasteiger partial charge in [0, 0.05) is 23.0 Å². The normalized spacial score (nSPS) is 19.1. The van der Waals surface area contributed by atoms with Crippen LogP contribution in [-0.4, -0.2) is 17.6 Å². The highest BCUT2D eigenvalue weighted by atomic mass is 35.5. The van der Waals surface area contributed by atoms with E-state index in [1.807, 2.05) is 24.3 Å². The molecule has 0 spiro atoms. The molecule has 3 nitrogen and oxygen atoms in total. The van der Waals surface area contributed by atoms with Gasteiger partial charge >= 0.3 is 0 Å². The van der Waals surface area contributed by atoms with Gasteiger partial charge in [-0.15, -0.1) is 0 Å². The lowest BCUT2D eigenvalue weighted by molar-refractivity contribution is 0.481. The van der Waals surface area contributed by atoms with Crippen LogP contribution in [0.4, 0.5) is 5.82 Å². The zero-order chi connectivity index (χ0) is 14.1. The van der Waals surface area contributed by atoms with Crippen molar-refractivity contribution in [2.75, 3.05) is 11.4 Å². The summed E-state index contributed by atoms with van der Waals surface area (Å²) in [5.41, 5.74) is 1.48. The number of piperidine rings is 1. The number of nitrogens with zero attached hydrogens (tertiary/aromatic N) is 3. The highest BCUT2D eigenvalue weighted by Gasteiger charge is 2.20. The first-order valence-electron chi connectivity index (χ1n) is 6.96. The summed E-state index contributed by atoms with van der Waals surface area (Å²) in [4.78, 5) is 7.02. The number of fused-ring (bicyclic) bond motifs is 1. The molecule has 2 heterocycles. The van der Waals surface area contributed by atoms with E-state index in [1.165, 1.54) is 19.3 Å². The molecule has 0 radical (unpaired) electrons. The third kappa shape index (κ3) is 2.32. The first kappa shape index (κ1) is 13.2. The van der Waals surface area contributed by atoms with Crippen molar-refractivity contribution in [3.63, 3.8) is 0 Å². The van der Waals surface area contributed by atoms with E-state index in [0.29, 0.717) is 16.6 Å². The van der Waals surface area contributed by atoms with Crippen molar-refractivity contribution in [3.05, 3.63) is 34.9 Å². The molecule has 4 heteroatoms. The SMILES string of the molecule is C[C@H]1CCCCN1c1cc(C#N)c2cc(Cl)ccc2n1. The van der Waals surface area contributed by atoms with Gasteiger partial charge in [0.25, 0.3) is 0 Å². The van der Waals surface area contributed by atoms with Crippen LogP contribution in [0.3, 0.4) is 0 Å². The Balaban J connectivity index is 2.13. The third-order valence-corrected chi connectivity index (χ3v) is 4.21. The second-order valence-electron chi connectivity index (χ2n) is 5.34. The molecule has 2 aromatic rings. The van der Waals surface area contributed by atoms with Crippen LogP contribution in [0.2, 0.25) is 5.02 Å². The molecule has 0 saturated carbocycles. The molecular weight excluding hydrogens is 270 g/mol. The van der Waals surface area contributed by atoms with Gasteiger partial charge in [-0.25, -0.2) is 4.98 Å². The molecular formula is C16H16ClN3. The highest BCUT2D eigenvalue weighted by Crippen LogP contribution is 2.28. The summed E-state index contributed by atoms with van der Waals surface area (Å²) in [7, 11) is 0. The Morgan fingerprint density at radius 1 is 1.35 bits per heavy atom. The largest absolute Gasteiger partial charge is 0.354 e. The van der Waals surface area contributed by atoms with Crippen LogP contribution >= 0.6 is 11.6 Å². The topological polar surface area (TPSA) is 39.9 Å². The molecule has 1 aliphatic rings. The second-order valence-corrected chi connectivity index (χ2v) is 5.78. The average Bonchev–Trinajstić information content (AvgIpc) is 2.46. The average molecular weight is 286 g/mol. The van der Waals surface area contributed by atoms with Crippen LogP contribution in [0.5, 0.6) is 0 Å². The van der Waals surface area contributed by atoms with Gasteiger partial charge in [-0.2, -0.15) is 5.26 Å². The van der Waals surface area contributed by atoms with Crippen molar-refractivity contribution in [2.24, 2.45) is 0 Å². The third-order valence-electron chi connectivity index (χ3n) is 3.97. The molecule has 1 saturated heterocycles. The van der Waals surface area contributed by atoms with Crippen LogP contribution < -0.4 is 4.90 Å². The van der Waals surface area contributed by atoms with Gasteiger partial charge in [0.2, 0.25) is 0 Å². The van der Waals surface area contributed by atoms with Gasteiger partial charge in [-0.05, 0) is 50.5 Å². The Labute approximate surface area is 123 Å². The number of aromatic nitrogens is 1. The number of pyridine rings is 1. The Kier molecular flexibility index (Phi) is 3.50. The second kappa shape index (κ2) is 5.30. The van der Waals surface area contributed by atoms with Crippen molar-refractivity contribution in [1.82, 2.24) is 4.98 Å². The van der Waals surface area contributed by atoms with E-state index in [9.17, 15) is 5.26 Å². The van der Waals surface area contributed by atoms with E-state index >= 15 is 0 Å². The monoisotopic (exact) mass is 285 g/mol. The summed E-state index contributed by atoms with van der Waals surface area (Å²) < 4.78 is 0. The number of nitriles is 1. The molecule has 1 fully saturated rings.